The number of ether oxygens (including phenoxy) is 3. The van der Waals surface area contributed by atoms with Crippen molar-refractivity contribution in [2.24, 2.45) is 0 Å². The van der Waals surface area contributed by atoms with Gasteiger partial charge in [0.05, 0.1) is 25.5 Å². The molecule has 0 unspecified atom stereocenters. The molecule has 0 heterocycles. The normalized spacial score (nSPS) is 10.4. The van der Waals surface area contributed by atoms with Crippen LogP contribution in [0.5, 0.6) is 17.2 Å². The quantitative estimate of drug-likeness (QED) is 0.430. The van der Waals surface area contributed by atoms with Crippen LogP contribution in [0.25, 0.3) is 0 Å². The van der Waals surface area contributed by atoms with Gasteiger partial charge in [-0.05, 0) is 56.5 Å². The number of amides is 1. The second-order valence-corrected chi connectivity index (χ2v) is 6.24. The van der Waals surface area contributed by atoms with E-state index in [1.807, 2.05) is 50.2 Å². The van der Waals surface area contributed by atoms with Crippen molar-refractivity contribution in [1.29, 1.82) is 0 Å². The molecule has 2 rings (SSSR count). The molecule has 6 heteroatoms. The molecular weight excluding hydrogens is 356 g/mol. The number of nitrogens with two attached hydrogens (primary N) is 1. The van der Waals surface area contributed by atoms with Gasteiger partial charge in [-0.1, -0.05) is 18.2 Å². The number of nitrogens with one attached hydrogen (secondary N) is 1. The van der Waals surface area contributed by atoms with Crippen molar-refractivity contribution < 1.29 is 19.0 Å². The van der Waals surface area contributed by atoms with Gasteiger partial charge in [0, 0.05) is 13.0 Å². The molecule has 0 aliphatic heterocycles. The van der Waals surface area contributed by atoms with Gasteiger partial charge in [-0.2, -0.15) is 0 Å². The molecule has 0 radical (unpaired) electrons. The first-order valence-electron chi connectivity index (χ1n) is 9.76. The van der Waals surface area contributed by atoms with Crippen molar-refractivity contribution in [2.75, 3.05) is 32.1 Å². The molecule has 0 saturated carbocycles. The fraction of sp³-hybridized carbons (Fsp3) is 0.409. The summed E-state index contributed by atoms with van der Waals surface area (Å²) in [5, 5.41) is 2.94. The lowest BCUT2D eigenvalue weighted by molar-refractivity contribution is -0.121. The molecule has 0 aromatic heterocycles. The molecule has 0 fully saturated rings. The van der Waals surface area contributed by atoms with Crippen LogP contribution in [0.3, 0.4) is 0 Å². The SMILES string of the molecule is CCOc1ccc(CCNC(=O)CCCOc2ccccc2N)cc1OCC. The summed E-state index contributed by atoms with van der Waals surface area (Å²) in [6.07, 6.45) is 1.78. The lowest BCUT2D eigenvalue weighted by Gasteiger charge is -2.12. The Balaban J connectivity index is 1.69. The van der Waals surface area contributed by atoms with Gasteiger partial charge >= 0.3 is 0 Å². The molecule has 3 N–H and O–H groups in total. The number of rotatable bonds is 12. The molecule has 2 aromatic rings. The third kappa shape index (κ3) is 7.02. The third-order valence-corrected chi connectivity index (χ3v) is 4.07. The number of carbonyl (C=O) groups is 1. The van der Waals surface area contributed by atoms with E-state index in [0.717, 1.165) is 23.5 Å². The summed E-state index contributed by atoms with van der Waals surface area (Å²) in [4.78, 5) is 12.0. The first-order valence-corrected chi connectivity index (χ1v) is 9.76. The van der Waals surface area contributed by atoms with Crippen molar-refractivity contribution in [1.82, 2.24) is 5.32 Å². The molecule has 28 heavy (non-hydrogen) atoms. The molecule has 0 saturated heterocycles. The zero-order valence-corrected chi connectivity index (χ0v) is 16.7. The number of hydrogen-bond acceptors (Lipinski definition) is 5. The standard InChI is InChI=1S/C22H30N2O4/c1-3-26-20-12-11-17(16-21(20)27-4-2)13-14-24-22(25)10-7-15-28-19-9-6-5-8-18(19)23/h5-6,8-9,11-12,16H,3-4,7,10,13-15,23H2,1-2H3,(H,24,25). The van der Waals surface area contributed by atoms with Crippen molar-refractivity contribution >= 4 is 11.6 Å². The summed E-state index contributed by atoms with van der Waals surface area (Å²) in [6, 6.07) is 13.2. The Hall–Kier alpha value is -2.89. The van der Waals surface area contributed by atoms with Crippen LogP contribution in [-0.4, -0.2) is 32.3 Å². The Morgan fingerprint density at radius 1 is 0.964 bits per heavy atom. The third-order valence-electron chi connectivity index (χ3n) is 4.07. The monoisotopic (exact) mass is 386 g/mol. The first-order chi connectivity index (χ1) is 13.6. The lowest BCUT2D eigenvalue weighted by atomic mass is 10.1. The van der Waals surface area contributed by atoms with E-state index in [-0.39, 0.29) is 5.91 Å². The summed E-state index contributed by atoms with van der Waals surface area (Å²) in [5.74, 6) is 2.16. The molecular formula is C22H30N2O4. The maximum absolute atomic E-state index is 12.0. The Morgan fingerprint density at radius 2 is 1.71 bits per heavy atom. The second kappa shape index (κ2) is 11.7. The van der Waals surface area contributed by atoms with E-state index in [0.29, 0.717) is 50.6 Å². The van der Waals surface area contributed by atoms with Gasteiger partial charge in [0.25, 0.3) is 0 Å². The molecule has 0 spiro atoms. The first kappa shape index (κ1) is 21.4. The molecule has 152 valence electrons. The van der Waals surface area contributed by atoms with Gasteiger partial charge in [0.15, 0.2) is 11.5 Å². The maximum atomic E-state index is 12.0. The van der Waals surface area contributed by atoms with Crippen molar-refractivity contribution in [2.45, 2.75) is 33.1 Å². The lowest BCUT2D eigenvalue weighted by Crippen LogP contribution is -2.25. The van der Waals surface area contributed by atoms with Crippen LogP contribution in [0, 0.1) is 0 Å². The Bertz CT molecular complexity index is 749. The zero-order chi connectivity index (χ0) is 20.2. The van der Waals surface area contributed by atoms with Gasteiger partial charge in [-0.3, -0.25) is 4.79 Å². The number of carbonyl (C=O) groups excluding carboxylic acids is 1. The van der Waals surface area contributed by atoms with Crippen molar-refractivity contribution in [3.05, 3.63) is 48.0 Å². The predicted octanol–water partition coefficient (Wildman–Crippen LogP) is 3.58. The van der Waals surface area contributed by atoms with E-state index < -0.39 is 0 Å². The van der Waals surface area contributed by atoms with Gasteiger partial charge in [-0.25, -0.2) is 0 Å². The van der Waals surface area contributed by atoms with Gasteiger partial charge in [-0.15, -0.1) is 0 Å². The van der Waals surface area contributed by atoms with Crippen LogP contribution < -0.4 is 25.3 Å². The Morgan fingerprint density at radius 3 is 2.46 bits per heavy atom. The summed E-state index contributed by atoms with van der Waals surface area (Å²) >= 11 is 0. The average Bonchev–Trinajstić information content (AvgIpc) is 2.69. The number of para-hydroxylation sites is 2. The van der Waals surface area contributed by atoms with Crippen LogP contribution in [0.4, 0.5) is 5.69 Å². The predicted molar refractivity (Wildman–Crippen MR) is 111 cm³/mol. The highest BCUT2D eigenvalue weighted by Crippen LogP contribution is 2.28. The zero-order valence-electron chi connectivity index (χ0n) is 16.7. The molecule has 2 aromatic carbocycles. The summed E-state index contributed by atoms with van der Waals surface area (Å²) in [5.41, 5.74) is 7.52. The van der Waals surface area contributed by atoms with Gasteiger partial charge in [0.1, 0.15) is 5.75 Å². The average molecular weight is 386 g/mol. The largest absolute Gasteiger partial charge is 0.491 e. The van der Waals surface area contributed by atoms with E-state index in [1.165, 1.54) is 0 Å². The Kier molecular flexibility index (Phi) is 8.98. The minimum Gasteiger partial charge on any atom is -0.491 e. The van der Waals surface area contributed by atoms with Gasteiger partial charge in [0.2, 0.25) is 5.91 Å². The van der Waals surface area contributed by atoms with E-state index in [9.17, 15) is 4.79 Å². The minimum atomic E-state index is 0.0144. The molecule has 0 aliphatic carbocycles. The minimum absolute atomic E-state index is 0.0144. The van der Waals surface area contributed by atoms with E-state index >= 15 is 0 Å². The summed E-state index contributed by atoms with van der Waals surface area (Å²) in [6.45, 7) is 6.09. The second-order valence-electron chi connectivity index (χ2n) is 6.24. The highest BCUT2D eigenvalue weighted by molar-refractivity contribution is 5.75. The number of benzene rings is 2. The van der Waals surface area contributed by atoms with Crippen LogP contribution in [-0.2, 0) is 11.2 Å². The number of nitrogen functional groups attached to an aromatic ring is 1. The Labute approximate surface area is 167 Å². The summed E-state index contributed by atoms with van der Waals surface area (Å²) in [7, 11) is 0. The summed E-state index contributed by atoms with van der Waals surface area (Å²) < 4.78 is 16.8. The van der Waals surface area contributed by atoms with E-state index in [1.54, 1.807) is 6.07 Å². The van der Waals surface area contributed by atoms with E-state index in [4.69, 9.17) is 19.9 Å². The van der Waals surface area contributed by atoms with Crippen LogP contribution in [0.15, 0.2) is 42.5 Å². The molecule has 1 amide bonds. The highest BCUT2D eigenvalue weighted by Gasteiger charge is 2.07. The topological polar surface area (TPSA) is 82.8 Å². The molecule has 0 atom stereocenters. The molecule has 6 nitrogen and oxygen atoms in total. The smallest absolute Gasteiger partial charge is 0.220 e. The molecule has 0 bridgehead atoms. The highest BCUT2D eigenvalue weighted by atomic mass is 16.5. The fourth-order valence-electron chi connectivity index (χ4n) is 2.71. The fourth-order valence-corrected chi connectivity index (χ4v) is 2.71. The number of hydrogen-bond donors (Lipinski definition) is 2. The van der Waals surface area contributed by atoms with Crippen LogP contribution in [0.2, 0.25) is 0 Å². The van der Waals surface area contributed by atoms with Crippen LogP contribution >= 0.6 is 0 Å². The molecule has 0 aliphatic rings. The van der Waals surface area contributed by atoms with Crippen molar-refractivity contribution in [3.63, 3.8) is 0 Å². The van der Waals surface area contributed by atoms with Gasteiger partial charge < -0.3 is 25.3 Å². The maximum Gasteiger partial charge on any atom is 0.220 e. The van der Waals surface area contributed by atoms with E-state index in [2.05, 4.69) is 5.32 Å². The van der Waals surface area contributed by atoms with Crippen LogP contribution in [0.1, 0.15) is 32.3 Å². The van der Waals surface area contributed by atoms with Crippen molar-refractivity contribution in [3.8, 4) is 17.2 Å². The number of anilines is 1.